The Morgan fingerprint density at radius 1 is 1.36 bits per heavy atom. The monoisotopic (exact) mass is 301 g/mol. The van der Waals surface area contributed by atoms with Gasteiger partial charge in [-0.15, -0.1) is 0 Å². The van der Waals surface area contributed by atoms with Gasteiger partial charge >= 0.3 is 0 Å². The van der Waals surface area contributed by atoms with E-state index in [4.69, 9.17) is 4.74 Å². The molecule has 1 saturated heterocycles. The maximum atomic E-state index is 12.6. The molecule has 7 nitrogen and oxygen atoms in total. The summed E-state index contributed by atoms with van der Waals surface area (Å²) in [7, 11) is 1.62. The van der Waals surface area contributed by atoms with Crippen molar-refractivity contribution in [3.8, 4) is 5.69 Å². The summed E-state index contributed by atoms with van der Waals surface area (Å²) in [5.74, 6) is -0.00989. The molecule has 2 heterocycles. The number of hydrogen-bond donors (Lipinski definition) is 2. The number of hydrogen-bond acceptors (Lipinski definition) is 5. The summed E-state index contributed by atoms with van der Waals surface area (Å²) < 4.78 is 5.24. The Morgan fingerprint density at radius 2 is 2.09 bits per heavy atom. The molecule has 116 valence electrons. The third kappa shape index (κ3) is 2.86. The number of nitrogens with zero attached hydrogens (tertiary/aromatic N) is 3. The summed E-state index contributed by atoms with van der Waals surface area (Å²) in [6.45, 7) is 1.89. The predicted octanol–water partition coefficient (Wildman–Crippen LogP) is 0.832. The molecule has 2 N–H and O–H groups in total. The lowest BCUT2D eigenvalue weighted by Crippen LogP contribution is -2.41. The quantitative estimate of drug-likeness (QED) is 0.855. The second kappa shape index (κ2) is 6.25. The highest BCUT2D eigenvalue weighted by molar-refractivity contribution is 5.96. The Bertz CT molecular complexity index is 618. The Kier molecular flexibility index (Phi) is 4.17. The molecule has 22 heavy (non-hydrogen) atoms. The first-order valence-electron chi connectivity index (χ1n) is 7.21. The number of nitrogens with one attached hydrogen (secondary N) is 2. The molecule has 7 heteroatoms. The fourth-order valence-corrected chi connectivity index (χ4v) is 2.69. The molecule has 1 aromatic carbocycles. The van der Waals surface area contributed by atoms with Gasteiger partial charge in [0.15, 0.2) is 0 Å². The van der Waals surface area contributed by atoms with E-state index in [2.05, 4.69) is 20.8 Å². The molecule has 0 radical (unpaired) electrons. The Morgan fingerprint density at radius 3 is 2.68 bits per heavy atom. The van der Waals surface area contributed by atoms with E-state index in [9.17, 15) is 4.79 Å². The minimum atomic E-state index is -0.489. The Balaban J connectivity index is 1.71. The topological polar surface area (TPSA) is 81.1 Å². The van der Waals surface area contributed by atoms with Gasteiger partial charge in [0.1, 0.15) is 0 Å². The molecule has 0 spiro atoms. The minimum absolute atomic E-state index is 0.00989. The van der Waals surface area contributed by atoms with Crippen molar-refractivity contribution in [2.75, 3.05) is 32.1 Å². The van der Waals surface area contributed by atoms with Gasteiger partial charge in [0, 0.05) is 19.3 Å². The van der Waals surface area contributed by atoms with Crippen LogP contribution in [0, 0.1) is 5.41 Å². The van der Waals surface area contributed by atoms with Crippen LogP contribution in [-0.2, 0) is 9.53 Å². The number of amides is 1. The van der Waals surface area contributed by atoms with Gasteiger partial charge in [-0.3, -0.25) is 4.79 Å². The number of carbonyl (C=O) groups excluding carboxylic acids is 1. The van der Waals surface area contributed by atoms with Crippen LogP contribution in [0.4, 0.5) is 5.69 Å². The van der Waals surface area contributed by atoms with E-state index in [0.29, 0.717) is 13.2 Å². The third-order valence-corrected chi connectivity index (χ3v) is 3.92. The van der Waals surface area contributed by atoms with E-state index in [0.717, 1.165) is 24.3 Å². The summed E-state index contributed by atoms with van der Waals surface area (Å²) in [4.78, 5) is 14.1. The van der Waals surface area contributed by atoms with E-state index in [1.807, 2.05) is 24.3 Å². The normalized spacial score (nSPS) is 21.0. The molecule has 3 rings (SSSR count). The molecule has 2 aromatic rings. The van der Waals surface area contributed by atoms with Crippen LogP contribution >= 0.6 is 0 Å². The predicted molar refractivity (Wildman–Crippen MR) is 81.8 cm³/mol. The summed E-state index contributed by atoms with van der Waals surface area (Å²) >= 11 is 0. The average molecular weight is 301 g/mol. The van der Waals surface area contributed by atoms with Crippen LogP contribution in [0.1, 0.15) is 6.42 Å². The van der Waals surface area contributed by atoms with E-state index < -0.39 is 5.41 Å². The highest BCUT2D eigenvalue weighted by Crippen LogP contribution is 2.28. The van der Waals surface area contributed by atoms with Gasteiger partial charge in [-0.05, 0) is 37.2 Å². The molecule has 1 aliphatic heterocycles. The molecule has 1 aliphatic rings. The smallest absolute Gasteiger partial charge is 0.234 e. The molecule has 1 amide bonds. The van der Waals surface area contributed by atoms with E-state index in [1.54, 1.807) is 19.5 Å². The van der Waals surface area contributed by atoms with Crippen molar-refractivity contribution in [3.05, 3.63) is 36.7 Å². The van der Waals surface area contributed by atoms with Gasteiger partial charge in [-0.2, -0.15) is 15.0 Å². The molecule has 1 fully saturated rings. The first-order valence-corrected chi connectivity index (χ1v) is 7.21. The van der Waals surface area contributed by atoms with E-state index >= 15 is 0 Å². The number of ether oxygens (including phenoxy) is 1. The third-order valence-electron chi connectivity index (χ3n) is 3.92. The highest BCUT2D eigenvalue weighted by atomic mass is 16.5. The fourth-order valence-electron chi connectivity index (χ4n) is 2.69. The number of aromatic nitrogens is 3. The second-order valence-corrected chi connectivity index (χ2v) is 5.46. The largest absolute Gasteiger partial charge is 0.384 e. The van der Waals surface area contributed by atoms with Gasteiger partial charge in [0.2, 0.25) is 5.91 Å². The Hall–Kier alpha value is -2.25. The standard InChI is InChI=1S/C15H19N5O2/c1-22-11-15(6-7-16-10-15)14(21)19-12-2-4-13(5-3-12)20-17-8-9-18-20/h2-5,8-9,16H,6-7,10-11H2,1H3,(H,19,21). The zero-order valence-corrected chi connectivity index (χ0v) is 12.5. The lowest BCUT2D eigenvalue weighted by atomic mass is 9.87. The van der Waals surface area contributed by atoms with Gasteiger partial charge in [-0.1, -0.05) is 0 Å². The molecular formula is C15H19N5O2. The lowest BCUT2D eigenvalue weighted by molar-refractivity contribution is -0.127. The number of benzene rings is 1. The molecular weight excluding hydrogens is 282 g/mol. The van der Waals surface area contributed by atoms with Crippen molar-refractivity contribution < 1.29 is 9.53 Å². The van der Waals surface area contributed by atoms with Crippen molar-refractivity contribution >= 4 is 11.6 Å². The first kappa shape index (κ1) is 14.7. The summed E-state index contributed by atoms with van der Waals surface area (Å²) in [6, 6.07) is 7.43. The van der Waals surface area contributed by atoms with Crippen molar-refractivity contribution in [1.82, 2.24) is 20.3 Å². The molecule has 1 atom stereocenters. The van der Waals surface area contributed by atoms with E-state index in [1.165, 1.54) is 4.80 Å². The molecule has 1 aromatic heterocycles. The zero-order chi connectivity index (χ0) is 15.4. The minimum Gasteiger partial charge on any atom is -0.384 e. The van der Waals surface area contributed by atoms with Crippen molar-refractivity contribution in [1.29, 1.82) is 0 Å². The van der Waals surface area contributed by atoms with Crippen LogP contribution in [-0.4, -0.2) is 47.7 Å². The number of methoxy groups -OCH3 is 1. The van der Waals surface area contributed by atoms with Crippen molar-refractivity contribution in [2.45, 2.75) is 6.42 Å². The summed E-state index contributed by atoms with van der Waals surface area (Å²) in [5.41, 5.74) is 1.11. The first-order chi connectivity index (χ1) is 10.7. The van der Waals surface area contributed by atoms with Crippen LogP contribution in [0.25, 0.3) is 5.69 Å². The van der Waals surface area contributed by atoms with Crippen molar-refractivity contribution in [2.24, 2.45) is 5.41 Å². The van der Waals surface area contributed by atoms with Crippen LogP contribution < -0.4 is 10.6 Å². The molecule has 0 aliphatic carbocycles. The summed E-state index contributed by atoms with van der Waals surface area (Å²) in [6.07, 6.45) is 4.02. The summed E-state index contributed by atoms with van der Waals surface area (Å²) in [5, 5.41) is 14.3. The SMILES string of the molecule is COCC1(C(=O)Nc2ccc(-n3nccn3)cc2)CCNC1. The lowest BCUT2D eigenvalue weighted by Gasteiger charge is -2.25. The fraction of sp³-hybridized carbons (Fsp3) is 0.400. The average Bonchev–Trinajstić information content (AvgIpc) is 3.20. The Labute approximate surface area is 128 Å². The van der Waals surface area contributed by atoms with Gasteiger partial charge < -0.3 is 15.4 Å². The molecule has 0 bridgehead atoms. The molecule has 0 saturated carbocycles. The van der Waals surface area contributed by atoms with Crippen molar-refractivity contribution in [3.63, 3.8) is 0 Å². The maximum absolute atomic E-state index is 12.6. The molecule has 1 unspecified atom stereocenters. The number of anilines is 1. The van der Waals surface area contributed by atoms with Gasteiger partial charge in [-0.25, -0.2) is 0 Å². The van der Waals surface area contributed by atoms with E-state index in [-0.39, 0.29) is 5.91 Å². The van der Waals surface area contributed by atoms with Crippen LogP contribution in [0.3, 0.4) is 0 Å². The van der Waals surface area contributed by atoms with Gasteiger partial charge in [0.05, 0.1) is 30.1 Å². The van der Waals surface area contributed by atoms with Crippen LogP contribution in [0.5, 0.6) is 0 Å². The zero-order valence-electron chi connectivity index (χ0n) is 12.5. The van der Waals surface area contributed by atoms with Crippen LogP contribution in [0.15, 0.2) is 36.7 Å². The number of carbonyl (C=O) groups is 1. The van der Waals surface area contributed by atoms with Crippen LogP contribution in [0.2, 0.25) is 0 Å². The van der Waals surface area contributed by atoms with Gasteiger partial charge in [0.25, 0.3) is 0 Å². The highest BCUT2D eigenvalue weighted by Gasteiger charge is 2.41. The second-order valence-electron chi connectivity index (χ2n) is 5.46. The number of rotatable bonds is 5. The maximum Gasteiger partial charge on any atom is 0.234 e.